The average molecular weight is 221 g/mol. The van der Waals surface area contributed by atoms with E-state index in [4.69, 9.17) is 11.6 Å². The summed E-state index contributed by atoms with van der Waals surface area (Å²) in [5, 5.41) is 4.07. The first-order valence-corrected chi connectivity index (χ1v) is 5.75. The second kappa shape index (κ2) is 3.53. The number of rotatable bonds is 2. The number of fused-ring (bicyclic) bond motifs is 1. The van der Waals surface area contributed by atoms with Gasteiger partial charge in [0.25, 0.3) is 0 Å². The van der Waals surface area contributed by atoms with Crippen molar-refractivity contribution in [2.45, 2.75) is 18.9 Å². The van der Waals surface area contributed by atoms with Crippen LogP contribution in [0.4, 0.5) is 5.69 Å². The van der Waals surface area contributed by atoms with E-state index in [-0.39, 0.29) is 0 Å². The molecule has 1 heterocycles. The third-order valence-electron chi connectivity index (χ3n) is 3.44. The lowest BCUT2D eigenvalue weighted by molar-refractivity contribution is 0.218. The Kier molecular flexibility index (Phi) is 2.17. The SMILES string of the molecule is Clc1cc(NC2CC3CC=CC32)ccn1. The van der Waals surface area contributed by atoms with Crippen LogP contribution >= 0.6 is 11.6 Å². The van der Waals surface area contributed by atoms with Crippen molar-refractivity contribution in [2.75, 3.05) is 5.32 Å². The van der Waals surface area contributed by atoms with Gasteiger partial charge in [-0.1, -0.05) is 23.8 Å². The minimum absolute atomic E-state index is 0.554. The van der Waals surface area contributed by atoms with Crippen molar-refractivity contribution in [3.05, 3.63) is 35.6 Å². The molecule has 2 aliphatic rings. The van der Waals surface area contributed by atoms with Gasteiger partial charge in [0, 0.05) is 23.8 Å². The molecular weight excluding hydrogens is 208 g/mol. The van der Waals surface area contributed by atoms with E-state index in [0.717, 1.165) is 17.5 Å². The fraction of sp³-hybridized carbons (Fsp3) is 0.417. The Morgan fingerprint density at radius 2 is 2.40 bits per heavy atom. The monoisotopic (exact) mass is 220 g/mol. The Morgan fingerprint density at radius 3 is 3.20 bits per heavy atom. The molecule has 1 fully saturated rings. The number of hydrogen-bond donors (Lipinski definition) is 1. The number of nitrogens with one attached hydrogen (secondary N) is 1. The lowest BCUT2D eigenvalue weighted by Gasteiger charge is -2.41. The number of halogens is 1. The summed E-state index contributed by atoms with van der Waals surface area (Å²) in [5.74, 6) is 1.62. The van der Waals surface area contributed by atoms with Gasteiger partial charge in [-0.05, 0) is 30.9 Å². The molecule has 2 aliphatic carbocycles. The van der Waals surface area contributed by atoms with Crippen molar-refractivity contribution in [1.29, 1.82) is 0 Å². The largest absolute Gasteiger partial charge is 0.382 e. The molecule has 1 aromatic rings. The standard InChI is InChI=1S/C12H13ClN2/c13-12-7-9(4-5-14-12)15-11-6-8-2-1-3-10(8)11/h1,3-5,7-8,10-11H,2,6H2,(H,14,15). The Bertz CT molecular complexity index is 402. The van der Waals surface area contributed by atoms with E-state index in [0.29, 0.717) is 11.2 Å². The molecule has 1 aromatic heterocycles. The highest BCUT2D eigenvalue weighted by Gasteiger charge is 2.40. The van der Waals surface area contributed by atoms with E-state index >= 15 is 0 Å². The fourth-order valence-corrected chi connectivity index (χ4v) is 2.76. The van der Waals surface area contributed by atoms with Crippen LogP contribution in [0, 0.1) is 11.8 Å². The van der Waals surface area contributed by atoms with Crippen molar-refractivity contribution in [3.63, 3.8) is 0 Å². The molecule has 0 amide bonds. The predicted octanol–water partition coefficient (Wildman–Crippen LogP) is 3.11. The van der Waals surface area contributed by atoms with Gasteiger partial charge in [0.2, 0.25) is 0 Å². The van der Waals surface area contributed by atoms with Crippen molar-refractivity contribution >= 4 is 17.3 Å². The average Bonchev–Trinajstić information content (AvgIpc) is 2.56. The summed E-state index contributed by atoms with van der Waals surface area (Å²) < 4.78 is 0. The highest BCUT2D eigenvalue weighted by molar-refractivity contribution is 6.29. The topological polar surface area (TPSA) is 24.9 Å². The minimum atomic E-state index is 0.554. The van der Waals surface area contributed by atoms with Gasteiger partial charge in [-0.15, -0.1) is 0 Å². The second-order valence-corrected chi connectivity index (χ2v) is 4.74. The molecule has 0 bridgehead atoms. The molecule has 3 rings (SSSR count). The van der Waals surface area contributed by atoms with Gasteiger partial charge in [0.05, 0.1) is 0 Å². The molecule has 0 aliphatic heterocycles. The summed E-state index contributed by atoms with van der Waals surface area (Å²) >= 11 is 5.84. The maximum absolute atomic E-state index is 5.84. The van der Waals surface area contributed by atoms with Crippen molar-refractivity contribution in [3.8, 4) is 0 Å². The fourth-order valence-electron chi connectivity index (χ4n) is 2.59. The zero-order valence-electron chi connectivity index (χ0n) is 8.36. The highest BCUT2D eigenvalue weighted by atomic mass is 35.5. The van der Waals surface area contributed by atoms with Crippen LogP contribution in [0.5, 0.6) is 0 Å². The molecule has 1 saturated carbocycles. The zero-order valence-corrected chi connectivity index (χ0v) is 9.11. The summed E-state index contributed by atoms with van der Waals surface area (Å²) in [6, 6.07) is 4.44. The van der Waals surface area contributed by atoms with Crippen LogP contribution in [0.2, 0.25) is 5.15 Å². The highest BCUT2D eigenvalue weighted by Crippen LogP contribution is 2.44. The van der Waals surface area contributed by atoms with Gasteiger partial charge < -0.3 is 5.32 Å². The Hall–Kier alpha value is -1.02. The molecule has 3 unspecified atom stereocenters. The molecule has 2 nitrogen and oxygen atoms in total. The minimum Gasteiger partial charge on any atom is -0.382 e. The lowest BCUT2D eigenvalue weighted by Crippen LogP contribution is -2.43. The second-order valence-electron chi connectivity index (χ2n) is 4.36. The summed E-state index contributed by atoms with van der Waals surface area (Å²) in [5.41, 5.74) is 1.08. The van der Waals surface area contributed by atoms with Crippen LogP contribution in [-0.2, 0) is 0 Å². The van der Waals surface area contributed by atoms with Crippen LogP contribution in [0.3, 0.4) is 0 Å². The first-order chi connectivity index (χ1) is 7.33. The molecule has 3 atom stereocenters. The van der Waals surface area contributed by atoms with E-state index in [2.05, 4.69) is 22.5 Å². The summed E-state index contributed by atoms with van der Waals surface area (Å²) in [6.07, 6.45) is 8.92. The third-order valence-corrected chi connectivity index (χ3v) is 3.65. The van der Waals surface area contributed by atoms with E-state index < -0.39 is 0 Å². The Labute approximate surface area is 94.4 Å². The van der Waals surface area contributed by atoms with Crippen molar-refractivity contribution in [1.82, 2.24) is 4.98 Å². The third kappa shape index (κ3) is 1.63. The first-order valence-electron chi connectivity index (χ1n) is 5.38. The summed E-state index contributed by atoms with van der Waals surface area (Å²) in [6.45, 7) is 0. The molecule has 0 saturated heterocycles. The summed E-state index contributed by atoms with van der Waals surface area (Å²) in [4.78, 5) is 3.97. The molecule has 1 N–H and O–H groups in total. The quantitative estimate of drug-likeness (QED) is 0.612. The lowest BCUT2D eigenvalue weighted by atomic mass is 9.71. The van der Waals surface area contributed by atoms with Crippen LogP contribution < -0.4 is 5.32 Å². The van der Waals surface area contributed by atoms with Crippen molar-refractivity contribution in [2.24, 2.45) is 11.8 Å². The zero-order chi connectivity index (χ0) is 10.3. The normalized spacial score (nSPS) is 32.2. The van der Waals surface area contributed by atoms with Crippen LogP contribution in [0.25, 0.3) is 0 Å². The van der Waals surface area contributed by atoms with Gasteiger partial charge >= 0.3 is 0 Å². The molecule has 15 heavy (non-hydrogen) atoms. The van der Waals surface area contributed by atoms with Gasteiger partial charge in [0.15, 0.2) is 0 Å². The summed E-state index contributed by atoms with van der Waals surface area (Å²) in [7, 11) is 0. The maximum Gasteiger partial charge on any atom is 0.131 e. The maximum atomic E-state index is 5.84. The number of aromatic nitrogens is 1. The molecule has 0 radical (unpaired) electrons. The smallest absolute Gasteiger partial charge is 0.131 e. The number of allylic oxidation sites excluding steroid dienone is 1. The van der Waals surface area contributed by atoms with E-state index in [1.807, 2.05) is 12.1 Å². The molecule has 0 spiro atoms. The van der Waals surface area contributed by atoms with Crippen molar-refractivity contribution < 1.29 is 0 Å². The first kappa shape index (κ1) is 9.22. The van der Waals surface area contributed by atoms with Crippen LogP contribution in [0.1, 0.15) is 12.8 Å². The van der Waals surface area contributed by atoms with E-state index in [1.54, 1.807) is 6.20 Å². The number of nitrogens with zero attached hydrogens (tertiary/aromatic N) is 1. The molecule has 3 heteroatoms. The van der Waals surface area contributed by atoms with E-state index in [9.17, 15) is 0 Å². The predicted molar refractivity (Wildman–Crippen MR) is 62.0 cm³/mol. The number of anilines is 1. The molecule has 0 aromatic carbocycles. The molecular formula is C12H13ClN2. The van der Waals surface area contributed by atoms with E-state index in [1.165, 1.54) is 12.8 Å². The van der Waals surface area contributed by atoms with Gasteiger partial charge in [0.1, 0.15) is 5.15 Å². The van der Waals surface area contributed by atoms with Gasteiger partial charge in [-0.25, -0.2) is 4.98 Å². The van der Waals surface area contributed by atoms with Gasteiger partial charge in [-0.2, -0.15) is 0 Å². The Morgan fingerprint density at radius 1 is 1.47 bits per heavy atom. The number of hydrogen-bond acceptors (Lipinski definition) is 2. The van der Waals surface area contributed by atoms with Gasteiger partial charge in [-0.3, -0.25) is 0 Å². The number of pyridine rings is 1. The Balaban J connectivity index is 1.69. The molecule has 78 valence electrons. The van der Waals surface area contributed by atoms with Crippen LogP contribution in [0.15, 0.2) is 30.5 Å². The van der Waals surface area contributed by atoms with Crippen LogP contribution in [-0.4, -0.2) is 11.0 Å².